The highest BCUT2D eigenvalue weighted by Crippen LogP contribution is 2.29. The van der Waals surface area contributed by atoms with Gasteiger partial charge in [-0.2, -0.15) is 13.2 Å². The lowest BCUT2D eigenvalue weighted by Gasteiger charge is -2.12. The van der Waals surface area contributed by atoms with Crippen molar-refractivity contribution in [3.05, 3.63) is 64.6 Å². The first-order valence-corrected chi connectivity index (χ1v) is 9.89. The Morgan fingerprint density at radius 2 is 1.85 bits per heavy atom. The molecule has 4 rings (SSSR count). The van der Waals surface area contributed by atoms with Crippen molar-refractivity contribution >= 4 is 23.4 Å². The maximum absolute atomic E-state index is 13.0. The van der Waals surface area contributed by atoms with Crippen LogP contribution in [-0.4, -0.2) is 57.5 Å². The number of methoxy groups -OCH3 is 1. The van der Waals surface area contributed by atoms with Crippen LogP contribution in [0.1, 0.15) is 48.9 Å². The Morgan fingerprint density at radius 3 is 2.58 bits per heavy atom. The fraction of sp³-hybridized carbons (Fsp3) is 0.286. The van der Waals surface area contributed by atoms with Crippen LogP contribution in [0.3, 0.4) is 0 Å². The van der Waals surface area contributed by atoms with Crippen LogP contribution in [0.4, 0.5) is 13.2 Å². The van der Waals surface area contributed by atoms with Crippen molar-refractivity contribution in [3.63, 3.8) is 0 Å². The number of rotatable bonds is 7. The molecule has 0 radical (unpaired) electrons. The van der Waals surface area contributed by atoms with E-state index in [4.69, 9.17) is 4.74 Å². The van der Waals surface area contributed by atoms with Crippen LogP contribution < -0.4 is 5.32 Å². The molecule has 9 nitrogen and oxygen atoms in total. The minimum absolute atomic E-state index is 0.0983. The SMILES string of the molecule is COCCCN1C(=O)c2ccc(C(=O)NCc3nnc4ccc(C(F)(F)F)cn34)cc2C1=O. The van der Waals surface area contributed by atoms with E-state index in [-0.39, 0.29) is 41.3 Å². The quantitative estimate of drug-likeness (QED) is 0.428. The number of aromatic nitrogens is 3. The van der Waals surface area contributed by atoms with Gasteiger partial charge in [-0.15, -0.1) is 10.2 Å². The van der Waals surface area contributed by atoms with Crippen molar-refractivity contribution in [2.45, 2.75) is 19.1 Å². The molecule has 1 aliphatic rings. The Bertz CT molecular complexity index is 1250. The summed E-state index contributed by atoms with van der Waals surface area (Å²) in [5.74, 6) is -1.42. The molecule has 0 saturated carbocycles. The number of carbonyl (C=O) groups excluding carboxylic acids is 3. The highest BCUT2D eigenvalue weighted by molar-refractivity contribution is 6.22. The number of carbonyl (C=O) groups is 3. The van der Waals surface area contributed by atoms with Crippen molar-refractivity contribution in [2.75, 3.05) is 20.3 Å². The van der Waals surface area contributed by atoms with E-state index in [1.807, 2.05) is 0 Å². The van der Waals surface area contributed by atoms with Crippen LogP contribution in [0.25, 0.3) is 5.65 Å². The highest BCUT2D eigenvalue weighted by atomic mass is 19.4. The zero-order valence-corrected chi connectivity index (χ0v) is 17.3. The molecule has 12 heteroatoms. The predicted octanol–water partition coefficient (Wildman–Crippen LogP) is 2.31. The average Bonchev–Trinajstić information content (AvgIpc) is 3.30. The van der Waals surface area contributed by atoms with E-state index in [0.717, 1.165) is 21.6 Å². The van der Waals surface area contributed by atoms with Gasteiger partial charge >= 0.3 is 6.18 Å². The molecule has 0 bridgehead atoms. The standard InChI is InChI=1S/C21H18F3N5O4/c1-33-8-2-7-28-19(31)14-5-3-12(9-15(14)20(28)32)18(30)25-10-17-27-26-16-6-4-13(11-29(16)17)21(22,23)24/h3-6,9,11H,2,7-8,10H2,1H3,(H,25,30). The largest absolute Gasteiger partial charge is 0.417 e. The van der Waals surface area contributed by atoms with E-state index >= 15 is 0 Å². The number of benzene rings is 1. The van der Waals surface area contributed by atoms with Crippen molar-refractivity contribution < 1.29 is 32.3 Å². The molecule has 33 heavy (non-hydrogen) atoms. The Hall–Kier alpha value is -3.80. The maximum atomic E-state index is 13.0. The van der Waals surface area contributed by atoms with Gasteiger partial charge in [-0.25, -0.2) is 0 Å². The van der Waals surface area contributed by atoms with Crippen LogP contribution in [0.15, 0.2) is 36.5 Å². The lowest BCUT2D eigenvalue weighted by Crippen LogP contribution is -2.31. The Labute approximate surface area is 185 Å². The van der Waals surface area contributed by atoms with Gasteiger partial charge < -0.3 is 10.1 Å². The van der Waals surface area contributed by atoms with E-state index in [9.17, 15) is 27.6 Å². The summed E-state index contributed by atoms with van der Waals surface area (Å²) < 4.78 is 45.0. The topological polar surface area (TPSA) is 106 Å². The number of nitrogens with one attached hydrogen (secondary N) is 1. The number of pyridine rings is 1. The van der Waals surface area contributed by atoms with E-state index in [0.29, 0.717) is 13.0 Å². The van der Waals surface area contributed by atoms with E-state index in [2.05, 4.69) is 15.5 Å². The minimum atomic E-state index is -4.54. The second kappa shape index (κ2) is 8.62. The fourth-order valence-electron chi connectivity index (χ4n) is 3.49. The molecular formula is C21H18F3N5O4. The molecule has 172 valence electrons. The number of halogens is 3. The van der Waals surface area contributed by atoms with E-state index in [1.165, 1.54) is 31.4 Å². The number of hydrogen-bond acceptors (Lipinski definition) is 6. The first-order valence-electron chi connectivity index (χ1n) is 9.89. The number of alkyl halides is 3. The van der Waals surface area contributed by atoms with Gasteiger partial charge in [-0.3, -0.25) is 23.7 Å². The van der Waals surface area contributed by atoms with Crippen molar-refractivity contribution in [3.8, 4) is 0 Å². The van der Waals surface area contributed by atoms with Gasteiger partial charge in [-0.1, -0.05) is 0 Å². The molecular weight excluding hydrogens is 443 g/mol. The van der Waals surface area contributed by atoms with Crippen LogP contribution in [0.2, 0.25) is 0 Å². The minimum Gasteiger partial charge on any atom is -0.385 e. The second-order valence-electron chi connectivity index (χ2n) is 7.31. The number of amides is 3. The van der Waals surface area contributed by atoms with E-state index < -0.39 is 29.5 Å². The molecule has 1 aromatic carbocycles. The van der Waals surface area contributed by atoms with Gasteiger partial charge in [0.15, 0.2) is 11.5 Å². The van der Waals surface area contributed by atoms with Crippen LogP contribution in [-0.2, 0) is 17.5 Å². The summed E-state index contributed by atoms with van der Waals surface area (Å²) in [4.78, 5) is 38.8. The van der Waals surface area contributed by atoms with Crippen molar-refractivity contribution in [1.29, 1.82) is 0 Å². The maximum Gasteiger partial charge on any atom is 0.417 e. The second-order valence-corrected chi connectivity index (χ2v) is 7.31. The van der Waals surface area contributed by atoms with Gasteiger partial charge in [0.05, 0.1) is 23.2 Å². The van der Waals surface area contributed by atoms with Gasteiger partial charge in [-0.05, 0) is 36.8 Å². The molecule has 3 heterocycles. The summed E-state index contributed by atoms with van der Waals surface area (Å²) in [6, 6.07) is 6.21. The molecule has 0 fully saturated rings. The summed E-state index contributed by atoms with van der Waals surface area (Å²) in [5, 5.41) is 10.2. The zero-order chi connectivity index (χ0) is 23.8. The summed E-state index contributed by atoms with van der Waals surface area (Å²) >= 11 is 0. The molecule has 0 unspecified atom stereocenters. The lowest BCUT2D eigenvalue weighted by atomic mass is 10.1. The normalized spacial score (nSPS) is 13.6. The molecule has 3 aromatic rings. The van der Waals surface area contributed by atoms with Gasteiger partial charge in [0, 0.05) is 32.0 Å². The average molecular weight is 461 g/mol. The molecule has 0 saturated heterocycles. The van der Waals surface area contributed by atoms with Crippen LogP contribution in [0.5, 0.6) is 0 Å². The summed E-state index contributed by atoms with van der Waals surface area (Å²) in [6.45, 7) is 0.388. The fourth-order valence-corrected chi connectivity index (χ4v) is 3.49. The third-order valence-corrected chi connectivity index (χ3v) is 5.17. The number of fused-ring (bicyclic) bond motifs is 2. The molecule has 0 aliphatic carbocycles. The first kappa shape index (κ1) is 22.4. The third kappa shape index (κ3) is 4.29. The van der Waals surface area contributed by atoms with Gasteiger partial charge in [0.1, 0.15) is 0 Å². The first-order chi connectivity index (χ1) is 15.7. The number of ether oxygens (including phenoxy) is 1. The molecule has 0 atom stereocenters. The Kier molecular flexibility index (Phi) is 5.85. The van der Waals surface area contributed by atoms with Crippen molar-refractivity contribution in [2.24, 2.45) is 0 Å². The van der Waals surface area contributed by atoms with Crippen LogP contribution in [0, 0.1) is 0 Å². The zero-order valence-electron chi connectivity index (χ0n) is 17.3. The number of imide groups is 1. The summed E-state index contributed by atoms with van der Waals surface area (Å²) in [5.41, 5.74) is -0.231. The lowest BCUT2D eigenvalue weighted by molar-refractivity contribution is -0.137. The smallest absolute Gasteiger partial charge is 0.385 e. The molecule has 2 aromatic heterocycles. The summed E-state index contributed by atoms with van der Waals surface area (Å²) in [7, 11) is 1.52. The monoisotopic (exact) mass is 461 g/mol. The number of hydrogen-bond donors (Lipinski definition) is 1. The highest BCUT2D eigenvalue weighted by Gasteiger charge is 2.35. The molecule has 1 aliphatic heterocycles. The van der Waals surface area contributed by atoms with Gasteiger partial charge in [0.2, 0.25) is 0 Å². The predicted molar refractivity (Wildman–Crippen MR) is 107 cm³/mol. The van der Waals surface area contributed by atoms with Gasteiger partial charge in [0.25, 0.3) is 17.7 Å². The molecule has 1 N–H and O–H groups in total. The molecule has 0 spiro atoms. The van der Waals surface area contributed by atoms with E-state index in [1.54, 1.807) is 0 Å². The third-order valence-electron chi connectivity index (χ3n) is 5.17. The Morgan fingerprint density at radius 1 is 1.09 bits per heavy atom. The molecule has 3 amide bonds. The van der Waals surface area contributed by atoms with Crippen molar-refractivity contribution in [1.82, 2.24) is 24.8 Å². The summed E-state index contributed by atoms with van der Waals surface area (Å²) in [6.07, 6.45) is -3.20. The number of nitrogens with zero attached hydrogens (tertiary/aromatic N) is 4. The van der Waals surface area contributed by atoms with Crippen LogP contribution >= 0.6 is 0 Å². The Balaban J connectivity index is 1.49.